The zero-order valence-corrected chi connectivity index (χ0v) is 15.0. The third kappa shape index (κ3) is 2.85. The number of fused-ring (bicyclic) bond motifs is 2. The summed E-state index contributed by atoms with van der Waals surface area (Å²) in [5.41, 5.74) is 3.53. The zero-order chi connectivity index (χ0) is 17.6. The van der Waals surface area contributed by atoms with E-state index in [9.17, 15) is 8.42 Å². The summed E-state index contributed by atoms with van der Waals surface area (Å²) in [6.45, 7) is 4.02. The minimum Gasteiger partial charge on any atom is -0.483 e. The van der Waals surface area contributed by atoms with Crippen LogP contribution in [0.2, 0.25) is 0 Å². The number of nitrogens with zero attached hydrogens (tertiary/aromatic N) is 1. The molecule has 0 amide bonds. The zero-order valence-electron chi connectivity index (χ0n) is 14.2. The van der Waals surface area contributed by atoms with Gasteiger partial charge in [0.2, 0.25) is 10.3 Å². The Bertz CT molecular complexity index is 1010. The monoisotopic (exact) mass is 353 g/mol. The number of rotatable bonds is 1. The van der Waals surface area contributed by atoms with E-state index in [0.717, 1.165) is 34.7 Å². The van der Waals surface area contributed by atoms with E-state index in [0.29, 0.717) is 11.4 Å². The predicted octanol–water partition coefficient (Wildman–Crippen LogP) is 3.96. The number of para-hydroxylation sites is 1. The third-order valence-electron chi connectivity index (χ3n) is 4.57. The first-order valence-corrected chi connectivity index (χ1v) is 9.37. The highest BCUT2D eigenvalue weighted by Gasteiger charge is 2.27. The van der Waals surface area contributed by atoms with Gasteiger partial charge in [-0.1, -0.05) is 24.3 Å². The smallest absolute Gasteiger partial charge is 0.234 e. The topological polar surface area (TPSA) is 46.6 Å². The molecule has 128 valence electrons. The number of anilines is 2. The van der Waals surface area contributed by atoms with Crippen LogP contribution in [0.4, 0.5) is 11.4 Å². The van der Waals surface area contributed by atoms with E-state index >= 15 is 0 Å². The van der Waals surface area contributed by atoms with Gasteiger partial charge in [-0.2, -0.15) is 8.42 Å². The first kappa shape index (κ1) is 16.0. The number of ether oxygens (including phenoxy) is 1. The molecule has 4 nitrogen and oxygen atoms in total. The van der Waals surface area contributed by atoms with E-state index in [1.807, 2.05) is 67.3 Å². The summed E-state index contributed by atoms with van der Waals surface area (Å²) >= 11 is 0. The van der Waals surface area contributed by atoms with Crippen molar-refractivity contribution in [2.75, 3.05) is 4.90 Å². The van der Waals surface area contributed by atoms with Crippen LogP contribution in [0.3, 0.4) is 0 Å². The molecule has 0 unspecified atom stereocenters. The first-order valence-electron chi connectivity index (χ1n) is 8.30. The minimum atomic E-state index is -2.26. The number of benzene rings is 2. The molecule has 2 aromatic rings. The summed E-state index contributed by atoms with van der Waals surface area (Å²) in [5.74, 6) is 0.811. The summed E-state index contributed by atoms with van der Waals surface area (Å²) < 4.78 is 29.6. The van der Waals surface area contributed by atoms with Crippen LogP contribution < -0.4 is 9.64 Å². The van der Waals surface area contributed by atoms with Gasteiger partial charge in [-0.3, -0.25) is 0 Å². The molecule has 2 aliphatic heterocycles. The maximum atomic E-state index is 11.8. The fourth-order valence-electron chi connectivity index (χ4n) is 3.38. The Morgan fingerprint density at radius 2 is 1.88 bits per heavy atom. The molecule has 0 N–H and O–H groups in total. The van der Waals surface area contributed by atoms with Gasteiger partial charge in [-0.25, -0.2) is 0 Å². The SMILES string of the molecule is CC1(C)C=Cc2cc(N3C(=S(=O)=O)CCc4ccccc43)ccc2O1. The lowest BCUT2D eigenvalue weighted by Crippen LogP contribution is -2.32. The van der Waals surface area contributed by atoms with Crippen molar-refractivity contribution in [3.63, 3.8) is 0 Å². The fourth-order valence-corrected chi connectivity index (χ4v) is 4.00. The Balaban J connectivity index is 1.87. The van der Waals surface area contributed by atoms with Crippen molar-refractivity contribution in [2.24, 2.45) is 0 Å². The second-order valence-corrected chi connectivity index (χ2v) is 7.79. The predicted molar refractivity (Wildman–Crippen MR) is 101 cm³/mol. The van der Waals surface area contributed by atoms with E-state index in [4.69, 9.17) is 4.74 Å². The van der Waals surface area contributed by atoms with Crippen molar-refractivity contribution in [2.45, 2.75) is 32.3 Å². The first-order chi connectivity index (χ1) is 11.9. The van der Waals surface area contributed by atoms with Crippen LogP contribution >= 0.6 is 0 Å². The standard InChI is InChI=1S/C20H19NO3S/c1-20(2)12-11-15-13-16(8-9-18(15)24-20)21-17-6-4-3-5-14(17)7-10-19(21)25(22)23/h3-6,8-9,11-13H,7,10H2,1-2H3. The Morgan fingerprint density at radius 3 is 2.68 bits per heavy atom. The Hall–Kier alpha value is -2.53. The highest BCUT2D eigenvalue weighted by atomic mass is 32.2. The molecule has 25 heavy (non-hydrogen) atoms. The van der Waals surface area contributed by atoms with Crippen molar-refractivity contribution < 1.29 is 13.2 Å². The number of aryl methyl sites for hydroxylation is 1. The van der Waals surface area contributed by atoms with Crippen molar-refractivity contribution in [3.8, 4) is 5.75 Å². The lowest BCUT2D eigenvalue weighted by Gasteiger charge is -2.33. The molecule has 0 bridgehead atoms. The van der Waals surface area contributed by atoms with Gasteiger partial charge in [0.25, 0.3) is 0 Å². The molecule has 0 spiro atoms. The molecule has 0 radical (unpaired) electrons. The van der Waals surface area contributed by atoms with Crippen molar-refractivity contribution in [1.29, 1.82) is 0 Å². The van der Waals surface area contributed by atoms with E-state index < -0.39 is 10.3 Å². The Labute approximate surface area is 148 Å². The lowest BCUT2D eigenvalue weighted by atomic mass is 9.99. The van der Waals surface area contributed by atoms with Gasteiger partial charge in [-0.05, 0) is 56.2 Å². The van der Waals surface area contributed by atoms with E-state index in [1.54, 1.807) is 0 Å². The molecule has 0 saturated carbocycles. The summed E-state index contributed by atoms with van der Waals surface area (Å²) in [6, 6.07) is 13.8. The van der Waals surface area contributed by atoms with Crippen LogP contribution in [0, 0.1) is 0 Å². The molecule has 4 rings (SSSR count). The van der Waals surface area contributed by atoms with Gasteiger partial charge < -0.3 is 9.64 Å². The second-order valence-electron chi connectivity index (χ2n) is 6.85. The van der Waals surface area contributed by atoms with Gasteiger partial charge in [0, 0.05) is 23.4 Å². The summed E-state index contributed by atoms with van der Waals surface area (Å²) in [7, 11) is -2.26. The summed E-state index contributed by atoms with van der Waals surface area (Å²) in [6.07, 6.45) is 5.29. The van der Waals surface area contributed by atoms with Crippen LogP contribution in [0.5, 0.6) is 5.75 Å². The van der Waals surface area contributed by atoms with Crippen LogP contribution in [-0.2, 0) is 16.7 Å². The maximum Gasteiger partial charge on any atom is 0.234 e. The van der Waals surface area contributed by atoms with E-state index in [-0.39, 0.29) is 5.60 Å². The molecule has 0 saturated heterocycles. The highest BCUT2D eigenvalue weighted by molar-refractivity contribution is 7.73. The number of hydrogen-bond donors (Lipinski definition) is 0. The van der Waals surface area contributed by atoms with Crippen molar-refractivity contribution in [1.82, 2.24) is 0 Å². The Morgan fingerprint density at radius 1 is 1.08 bits per heavy atom. The molecular weight excluding hydrogens is 334 g/mol. The molecule has 2 aliphatic rings. The van der Waals surface area contributed by atoms with Crippen molar-refractivity contribution >= 4 is 32.7 Å². The molecule has 0 atom stereocenters. The van der Waals surface area contributed by atoms with Gasteiger partial charge in [0.05, 0.1) is 0 Å². The number of hydrogen-bond acceptors (Lipinski definition) is 3. The average Bonchev–Trinajstić information content (AvgIpc) is 2.59. The molecule has 0 fully saturated rings. The lowest BCUT2D eigenvalue weighted by molar-refractivity contribution is 0.159. The molecule has 5 heteroatoms. The molecular formula is C20H19NO3S. The van der Waals surface area contributed by atoms with Crippen LogP contribution in [0.1, 0.15) is 31.4 Å². The van der Waals surface area contributed by atoms with E-state index in [2.05, 4.69) is 6.07 Å². The quantitative estimate of drug-likeness (QED) is 0.728. The molecule has 2 heterocycles. The Kier molecular flexibility index (Phi) is 3.69. The third-order valence-corrected chi connectivity index (χ3v) is 5.34. The normalized spacial score (nSPS) is 17.5. The fraction of sp³-hybridized carbons (Fsp3) is 0.250. The highest BCUT2D eigenvalue weighted by Crippen LogP contribution is 2.38. The van der Waals surface area contributed by atoms with Gasteiger partial charge in [0.15, 0.2) is 0 Å². The maximum absolute atomic E-state index is 11.8. The van der Waals surface area contributed by atoms with Gasteiger partial charge in [0.1, 0.15) is 16.3 Å². The van der Waals surface area contributed by atoms with Gasteiger partial charge >= 0.3 is 0 Å². The van der Waals surface area contributed by atoms with E-state index in [1.165, 1.54) is 0 Å². The van der Waals surface area contributed by atoms with Crippen LogP contribution in [0.25, 0.3) is 6.08 Å². The van der Waals surface area contributed by atoms with Crippen LogP contribution in [-0.4, -0.2) is 19.0 Å². The molecule has 0 aromatic heterocycles. The average molecular weight is 353 g/mol. The van der Waals surface area contributed by atoms with Crippen molar-refractivity contribution in [3.05, 3.63) is 59.7 Å². The minimum absolute atomic E-state index is 0.333. The van der Waals surface area contributed by atoms with Gasteiger partial charge in [-0.15, -0.1) is 0 Å². The second kappa shape index (κ2) is 5.77. The molecule has 2 aromatic carbocycles. The summed E-state index contributed by atoms with van der Waals surface area (Å²) in [5, 5.41) is 0. The largest absolute Gasteiger partial charge is 0.483 e. The molecule has 0 aliphatic carbocycles. The summed E-state index contributed by atoms with van der Waals surface area (Å²) in [4.78, 5) is 2.25. The van der Waals surface area contributed by atoms with Crippen LogP contribution in [0.15, 0.2) is 48.5 Å².